The molecule has 0 saturated heterocycles. The van der Waals surface area contributed by atoms with Crippen molar-refractivity contribution in [3.8, 4) is 0 Å². The number of carbonyl (C=O) groups excluding carboxylic acids is 1. The summed E-state index contributed by atoms with van der Waals surface area (Å²) in [5.41, 5.74) is 0. The van der Waals surface area contributed by atoms with Gasteiger partial charge in [-0.15, -0.1) is 0 Å². The lowest BCUT2D eigenvalue weighted by Crippen LogP contribution is -2.34. The Balaban J connectivity index is 2.03. The average Bonchev–Trinajstić information content (AvgIpc) is 3.11. The van der Waals surface area contributed by atoms with Gasteiger partial charge in [0.05, 0.1) is 6.26 Å². The minimum absolute atomic E-state index is 0.0237. The minimum Gasteiger partial charge on any atom is -0.356 e. The van der Waals surface area contributed by atoms with Crippen LogP contribution in [-0.4, -0.2) is 57.1 Å². The Bertz CT molecular complexity index is 380. The molecule has 1 fully saturated rings. The quantitative estimate of drug-likeness (QED) is 0.552. The zero-order chi connectivity index (χ0) is 14.3. The summed E-state index contributed by atoms with van der Waals surface area (Å²) in [6, 6.07) is 0.626. The van der Waals surface area contributed by atoms with Crippen molar-refractivity contribution in [3.63, 3.8) is 0 Å². The number of nitrogens with zero attached hydrogens (tertiary/aromatic N) is 1. The van der Waals surface area contributed by atoms with Crippen LogP contribution in [0.5, 0.6) is 0 Å². The smallest absolute Gasteiger partial charge is 0.221 e. The summed E-state index contributed by atoms with van der Waals surface area (Å²) in [6.45, 7) is 3.98. The monoisotopic (exact) mass is 291 g/mol. The van der Waals surface area contributed by atoms with E-state index in [0.29, 0.717) is 38.5 Å². The van der Waals surface area contributed by atoms with Crippen molar-refractivity contribution in [2.75, 3.05) is 32.4 Å². The molecule has 2 N–H and O–H groups in total. The maximum absolute atomic E-state index is 11.5. The van der Waals surface area contributed by atoms with Gasteiger partial charge in [0, 0.05) is 38.6 Å². The van der Waals surface area contributed by atoms with E-state index in [1.54, 1.807) is 0 Å². The van der Waals surface area contributed by atoms with E-state index in [2.05, 4.69) is 10.6 Å². The summed E-state index contributed by atoms with van der Waals surface area (Å²) in [5, 5.41) is 6.08. The summed E-state index contributed by atoms with van der Waals surface area (Å²) < 4.78 is 24.1. The summed E-state index contributed by atoms with van der Waals surface area (Å²) in [7, 11) is -3.12. The first-order valence-corrected chi connectivity index (χ1v) is 8.73. The van der Waals surface area contributed by atoms with E-state index in [0.717, 1.165) is 6.54 Å². The van der Waals surface area contributed by atoms with Crippen LogP contribution >= 0.6 is 0 Å². The molecule has 0 spiro atoms. The lowest BCUT2D eigenvalue weighted by Gasteiger charge is -2.17. The van der Waals surface area contributed by atoms with Gasteiger partial charge in [0.1, 0.15) is 0 Å². The molecule has 112 valence electrons. The number of hydrogen-bond acceptors (Lipinski definition) is 4. The zero-order valence-corrected chi connectivity index (χ0v) is 12.6. The van der Waals surface area contributed by atoms with Crippen molar-refractivity contribution < 1.29 is 13.2 Å². The van der Waals surface area contributed by atoms with Gasteiger partial charge < -0.3 is 10.6 Å². The molecule has 6 nitrogen and oxygen atoms in total. The molecular weight excluding hydrogens is 266 g/mol. The minimum atomic E-state index is -3.12. The van der Waals surface area contributed by atoms with Gasteiger partial charge in [-0.3, -0.25) is 4.79 Å². The largest absolute Gasteiger partial charge is 0.356 e. The molecule has 0 atom stereocenters. The number of nitrogens with one attached hydrogen (secondary N) is 2. The van der Waals surface area contributed by atoms with Crippen LogP contribution in [-0.2, 0) is 14.8 Å². The Morgan fingerprint density at radius 2 is 2.00 bits per heavy atom. The Morgan fingerprint density at radius 1 is 1.32 bits per heavy atom. The van der Waals surface area contributed by atoms with Crippen LogP contribution in [0.15, 0.2) is 0 Å². The highest BCUT2D eigenvalue weighted by Crippen LogP contribution is 2.18. The Morgan fingerprint density at radius 3 is 2.53 bits per heavy atom. The maximum atomic E-state index is 11.5. The summed E-state index contributed by atoms with van der Waals surface area (Å²) in [5.74, 6) is 0.0237. The standard InChI is InChI=1S/C12H25N3O3S/c1-3-15(19(2,17)18)10-4-8-14-12(16)7-9-13-11-5-6-11/h11,13H,3-10H2,1-2H3,(H,14,16). The van der Waals surface area contributed by atoms with Gasteiger partial charge in [0.15, 0.2) is 0 Å². The normalized spacial score (nSPS) is 15.7. The second-order valence-corrected chi connectivity index (χ2v) is 6.92. The molecule has 0 aliphatic heterocycles. The third-order valence-corrected chi connectivity index (χ3v) is 4.47. The van der Waals surface area contributed by atoms with Crippen molar-refractivity contribution in [2.45, 2.75) is 38.6 Å². The molecule has 0 unspecified atom stereocenters. The molecule has 19 heavy (non-hydrogen) atoms. The van der Waals surface area contributed by atoms with Gasteiger partial charge in [-0.05, 0) is 19.3 Å². The van der Waals surface area contributed by atoms with Crippen LogP contribution in [0.3, 0.4) is 0 Å². The topological polar surface area (TPSA) is 78.5 Å². The molecule has 0 radical (unpaired) electrons. The number of amides is 1. The molecule has 1 aliphatic rings. The van der Waals surface area contributed by atoms with E-state index < -0.39 is 10.0 Å². The van der Waals surface area contributed by atoms with Gasteiger partial charge in [-0.1, -0.05) is 6.92 Å². The highest BCUT2D eigenvalue weighted by Gasteiger charge is 2.20. The molecule has 0 aromatic carbocycles. The molecule has 0 bridgehead atoms. The molecule has 7 heteroatoms. The number of rotatable bonds is 10. The number of hydrogen-bond donors (Lipinski definition) is 2. The molecule has 0 heterocycles. The second-order valence-electron chi connectivity index (χ2n) is 4.94. The highest BCUT2D eigenvalue weighted by molar-refractivity contribution is 7.88. The van der Waals surface area contributed by atoms with Crippen molar-refractivity contribution in [3.05, 3.63) is 0 Å². The van der Waals surface area contributed by atoms with E-state index in [1.807, 2.05) is 6.92 Å². The highest BCUT2D eigenvalue weighted by atomic mass is 32.2. The summed E-state index contributed by atoms with van der Waals surface area (Å²) in [6.07, 6.45) is 4.78. The fourth-order valence-corrected chi connectivity index (χ4v) is 2.74. The van der Waals surface area contributed by atoms with Gasteiger partial charge in [-0.25, -0.2) is 12.7 Å². The average molecular weight is 291 g/mol. The van der Waals surface area contributed by atoms with Crippen LogP contribution in [0, 0.1) is 0 Å². The molecule has 0 aromatic heterocycles. The number of carbonyl (C=O) groups is 1. The first kappa shape index (κ1) is 16.4. The van der Waals surface area contributed by atoms with Crippen LogP contribution < -0.4 is 10.6 Å². The van der Waals surface area contributed by atoms with Crippen molar-refractivity contribution in [2.24, 2.45) is 0 Å². The van der Waals surface area contributed by atoms with E-state index in [4.69, 9.17) is 0 Å². The molecule has 1 saturated carbocycles. The van der Waals surface area contributed by atoms with E-state index in [1.165, 1.54) is 23.4 Å². The SMILES string of the molecule is CCN(CCCNC(=O)CCNC1CC1)S(C)(=O)=O. The molecule has 1 amide bonds. The van der Waals surface area contributed by atoms with Crippen LogP contribution in [0.2, 0.25) is 0 Å². The lowest BCUT2D eigenvalue weighted by atomic mass is 10.3. The third-order valence-electron chi connectivity index (χ3n) is 3.09. The third kappa shape index (κ3) is 7.49. The van der Waals surface area contributed by atoms with Crippen LogP contribution in [0.1, 0.15) is 32.6 Å². The zero-order valence-electron chi connectivity index (χ0n) is 11.8. The molecule has 0 aromatic rings. The summed E-state index contributed by atoms with van der Waals surface area (Å²) in [4.78, 5) is 11.5. The Hall–Kier alpha value is -0.660. The first-order chi connectivity index (χ1) is 8.93. The van der Waals surface area contributed by atoms with Crippen LogP contribution in [0.4, 0.5) is 0 Å². The van der Waals surface area contributed by atoms with Crippen molar-refractivity contribution >= 4 is 15.9 Å². The lowest BCUT2D eigenvalue weighted by molar-refractivity contribution is -0.121. The van der Waals surface area contributed by atoms with E-state index >= 15 is 0 Å². The van der Waals surface area contributed by atoms with Gasteiger partial charge in [0.25, 0.3) is 0 Å². The van der Waals surface area contributed by atoms with Gasteiger partial charge in [0.2, 0.25) is 15.9 Å². The van der Waals surface area contributed by atoms with E-state index in [9.17, 15) is 13.2 Å². The van der Waals surface area contributed by atoms with Gasteiger partial charge >= 0.3 is 0 Å². The molecular formula is C12H25N3O3S. The number of sulfonamides is 1. The Labute approximate surface area is 116 Å². The predicted octanol–water partition coefficient (Wildman–Crippen LogP) is -0.0837. The fourth-order valence-electron chi connectivity index (χ4n) is 1.81. The summed E-state index contributed by atoms with van der Waals surface area (Å²) >= 11 is 0. The second kappa shape index (κ2) is 7.81. The molecule has 1 aliphatic carbocycles. The van der Waals surface area contributed by atoms with Crippen molar-refractivity contribution in [1.29, 1.82) is 0 Å². The first-order valence-electron chi connectivity index (χ1n) is 6.88. The Kier molecular flexibility index (Phi) is 6.74. The maximum Gasteiger partial charge on any atom is 0.221 e. The predicted molar refractivity (Wildman–Crippen MR) is 75.4 cm³/mol. The molecule has 1 rings (SSSR count). The van der Waals surface area contributed by atoms with Crippen molar-refractivity contribution in [1.82, 2.24) is 14.9 Å². The van der Waals surface area contributed by atoms with Crippen LogP contribution in [0.25, 0.3) is 0 Å². The fraction of sp³-hybridized carbons (Fsp3) is 0.917. The van der Waals surface area contributed by atoms with Gasteiger partial charge in [-0.2, -0.15) is 0 Å². The van der Waals surface area contributed by atoms with E-state index in [-0.39, 0.29) is 5.91 Å².